The van der Waals surface area contributed by atoms with Gasteiger partial charge in [-0.1, -0.05) is 18.6 Å². The number of amides is 1. The third kappa shape index (κ3) is 2.64. The minimum atomic E-state index is -0.895. The number of aliphatic carboxylic acids is 1. The second kappa shape index (κ2) is 5.47. The van der Waals surface area contributed by atoms with Gasteiger partial charge in [-0.15, -0.1) is 0 Å². The van der Waals surface area contributed by atoms with Gasteiger partial charge in [0.2, 0.25) is 5.91 Å². The summed E-state index contributed by atoms with van der Waals surface area (Å²) in [6.45, 7) is 0.671. The predicted octanol–water partition coefficient (Wildman–Crippen LogP) is 2.25. The van der Waals surface area contributed by atoms with E-state index in [1.165, 1.54) is 12.1 Å². The van der Waals surface area contributed by atoms with Crippen LogP contribution in [0.5, 0.6) is 0 Å². The molecule has 0 aromatic heterocycles. The second-order valence-electron chi connectivity index (χ2n) is 5.97. The van der Waals surface area contributed by atoms with Gasteiger partial charge in [0.1, 0.15) is 5.82 Å². The molecule has 0 bridgehead atoms. The maximum Gasteiger partial charge on any atom is 0.308 e. The molecule has 1 aromatic rings. The molecule has 0 spiro atoms. The van der Waals surface area contributed by atoms with E-state index in [-0.39, 0.29) is 30.1 Å². The number of carboxylic acid groups (broad SMARTS) is 1. The van der Waals surface area contributed by atoms with E-state index in [1.54, 1.807) is 17.0 Å². The molecule has 1 saturated carbocycles. The Bertz CT molecular complexity index is 553. The van der Waals surface area contributed by atoms with E-state index < -0.39 is 11.9 Å². The quantitative estimate of drug-likeness (QED) is 0.929. The lowest BCUT2D eigenvalue weighted by Crippen LogP contribution is -2.37. The number of halogens is 1. The molecule has 2 atom stereocenters. The van der Waals surface area contributed by atoms with Crippen molar-refractivity contribution in [3.05, 3.63) is 35.6 Å². The Morgan fingerprint density at radius 1 is 1.14 bits per heavy atom. The summed E-state index contributed by atoms with van der Waals surface area (Å²) in [6.07, 6.45) is 2.90. The van der Waals surface area contributed by atoms with Crippen LogP contribution in [0.3, 0.4) is 0 Å². The lowest BCUT2D eigenvalue weighted by molar-refractivity contribution is -0.142. The average Bonchev–Trinajstić information content (AvgIpc) is 2.82. The highest BCUT2D eigenvalue weighted by Crippen LogP contribution is 2.36. The summed E-state index contributed by atoms with van der Waals surface area (Å²) in [7, 11) is 0. The molecule has 1 aromatic carbocycles. The SMILES string of the molecule is O=C(O)[C@@H]1CN(C(=O)C2CCC2)C[C@H]1c1ccc(F)cc1. The summed E-state index contributed by atoms with van der Waals surface area (Å²) in [5, 5.41) is 9.40. The zero-order chi connectivity index (χ0) is 15.0. The largest absolute Gasteiger partial charge is 0.481 e. The van der Waals surface area contributed by atoms with Crippen LogP contribution in [0.1, 0.15) is 30.7 Å². The van der Waals surface area contributed by atoms with Gasteiger partial charge in [-0.05, 0) is 30.5 Å². The van der Waals surface area contributed by atoms with E-state index in [2.05, 4.69) is 0 Å². The highest BCUT2D eigenvalue weighted by Gasteiger charge is 2.42. The average molecular weight is 291 g/mol. The van der Waals surface area contributed by atoms with Crippen molar-refractivity contribution < 1.29 is 19.1 Å². The lowest BCUT2D eigenvalue weighted by atomic mass is 9.84. The molecule has 1 aliphatic carbocycles. The Labute approximate surface area is 122 Å². The number of nitrogens with zero attached hydrogens (tertiary/aromatic N) is 1. The van der Waals surface area contributed by atoms with Gasteiger partial charge in [0.25, 0.3) is 0 Å². The number of carbonyl (C=O) groups is 2. The second-order valence-corrected chi connectivity index (χ2v) is 5.97. The first-order valence-electron chi connectivity index (χ1n) is 7.33. The van der Waals surface area contributed by atoms with E-state index in [0.717, 1.165) is 24.8 Å². The number of hydrogen-bond donors (Lipinski definition) is 1. The van der Waals surface area contributed by atoms with E-state index in [4.69, 9.17) is 0 Å². The molecule has 0 radical (unpaired) electrons. The van der Waals surface area contributed by atoms with Crippen molar-refractivity contribution in [3.8, 4) is 0 Å². The van der Waals surface area contributed by atoms with Crippen molar-refractivity contribution in [2.45, 2.75) is 25.2 Å². The minimum absolute atomic E-state index is 0.0754. The Morgan fingerprint density at radius 2 is 1.81 bits per heavy atom. The first kappa shape index (κ1) is 14.0. The normalized spacial score (nSPS) is 25.7. The van der Waals surface area contributed by atoms with Gasteiger partial charge in [-0.2, -0.15) is 0 Å². The molecule has 112 valence electrons. The van der Waals surface area contributed by atoms with E-state index in [0.29, 0.717) is 6.54 Å². The summed E-state index contributed by atoms with van der Waals surface area (Å²) in [5.74, 6) is -1.95. The molecular weight excluding hydrogens is 273 g/mol. The molecule has 3 rings (SSSR count). The van der Waals surface area contributed by atoms with Gasteiger partial charge in [-0.25, -0.2) is 4.39 Å². The molecule has 1 amide bonds. The van der Waals surface area contributed by atoms with Gasteiger partial charge >= 0.3 is 5.97 Å². The number of likely N-dealkylation sites (tertiary alicyclic amines) is 1. The fraction of sp³-hybridized carbons (Fsp3) is 0.500. The first-order chi connectivity index (χ1) is 10.1. The maximum atomic E-state index is 13.0. The highest BCUT2D eigenvalue weighted by atomic mass is 19.1. The molecule has 1 heterocycles. The van der Waals surface area contributed by atoms with Crippen molar-refractivity contribution in [2.24, 2.45) is 11.8 Å². The zero-order valence-corrected chi connectivity index (χ0v) is 11.7. The number of carboxylic acids is 1. The van der Waals surface area contributed by atoms with E-state index >= 15 is 0 Å². The Kier molecular flexibility index (Phi) is 3.66. The van der Waals surface area contributed by atoms with Gasteiger partial charge in [-0.3, -0.25) is 9.59 Å². The lowest BCUT2D eigenvalue weighted by Gasteiger charge is -2.29. The molecule has 1 saturated heterocycles. The number of benzene rings is 1. The fourth-order valence-electron chi connectivity index (χ4n) is 3.20. The molecule has 1 N–H and O–H groups in total. The first-order valence-corrected chi connectivity index (χ1v) is 7.33. The smallest absolute Gasteiger partial charge is 0.308 e. The molecule has 2 fully saturated rings. The number of carbonyl (C=O) groups excluding carboxylic acids is 1. The third-order valence-electron chi connectivity index (χ3n) is 4.70. The Hall–Kier alpha value is -1.91. The summed E-state index contributed by atoms with van der Waals surface area (Å²) in [6, 6.07) is 5.91. The van der Waals surface area contributed by atoms with Crippen LogP contribution in [0.2, 0.25) is 0 Å². The summed E-state index contributed by atoms with van der Waals surface area (Å²) in [5.41, 5.74) is 0.785. The predicted molar refractivity (Wildman–Crippen MR) is 74.2 cm³/mol. The van der Waals surface area contributed by atoms with Gasteiger partial charge in [0, 0.05) is 24.9 Å². The molecule has 21 heavy (non-hydrogen) atoms. The van der Waals surface area contributed by atoms with Crippen molar-refractivity contribution in [3.63, 3.8) is 0 Å². The van der Waals surface area contributed by atoms with Gasteiger partial charge in [0.15, 0.2) is 0 Å². The molecule has 1 aliphatic heterocycles. The molecule has 4 nitrogen and oxygen atoms in total. The van der Waals surface area contributed by atoms with Crippen LogP contribution >= 0.6 is 0 Å². The summed E-state index contributed by atoms with van der Waals surface area (Å²) in [4.78, 5) is 25.4. The van der Waals surface area contributed by atoms with Crippen LogP contribution < -0.4 is 0 Å². The molecule has 0 unspecified atom stereocenters. The standard InChI is InChI=1S/C16H18FNO3/c17-12-6-4-10(5-7-12)13-8-18(9-14(13)16(20)21)15(19)11-2-1-3-11/h4-7,11,13-14H,1-3,8-9H2,(H,20,21)/t13-,14+/m0/s1. The monoisotopic (exact) mass is 291 g/mol. The Balaban J connectivity index is 1.79. The van der Waals surface area contributed by atoms with Crippen LogP contribution in [0.4, 0.5) is 4.39 Å². The van der Waals surface area contributed by atoms with Crippen LogP contribution in [-0.4, -0.2) is 35.0 Å². The van der Waals surface area contributed by atoms with Crippen LogP contribution in [0, 0.1) is 17.7 Å². The highest BCUT2D eigenvalue weighted by molar-refractivity contribution is 5.82. The van der Waals surface area contributed by atoms with Crippen LogP contribution in [-0.2, 0) is 9.59 Å². The fourth-order valence-corrected chi connectivity index (χ4v) is 3.20. The zero-order valence-electron chi connectivity index (χ0n) is 11.7. The van der Waals surface area contributed by atoms with Crippen molar-refractivity contribution in [1.82, 2.24) is 4.90 Å². The molecular formula is C16H18FNO3. The minimum Gasteiger partial charge on any atom is -0.481 e. The number of hydrogen-bond acceptors (Lipinski definition) is 2. The number of rotatable bonds is 3. The van der Waals surface area contributed by atoms with Crippen molar-refractivity contribution in [2.75, 3.05) is 13.1 Å². The topological polar surface area (TPSA) is 57.6 Å². The Morgan fingerprint density at radius 3 is 2.33 bits per heavy atom. The van der Waals surface area contributed by atoms with Crippen LogP contribution in [0.25, 0.3) is 0 Å². The van der Waals surface area contributed by atoms with Gasteiger partial charge in [0.05, 0.1) is 5.92 Å². The summed E-state index contributed by atoms with van der Waals surface area (Å²) < 4.78 is 13.0. The summed E-state index contributed by atoms with van der Waals surface area (Å²) >= 11 is 0. The van der Waals surface area contributed by atoms with Crippen molar-refractivity contribution in [1.29, 1.82) is 0 Å². The van der Waals surface area contributed by atoms with E-state index in [9.17, 15) is 19.1 Å². The molecule has 5 heteroatoms. The molecule has 2 aliphatic rings. The van der Waals surface area contributed by atoms with Crippen LogP contribution in [0.15, 0.2) is 24.3 Å². The van der Waals surface area contributed by atoms with E-state index in [1.807, 2.05) is 0 Å². The van der Waals surface area contributed by atoms with Gasteiger partial charge < -0.3 is 10.0 Å². The maximum absolute atomic E-state index is 13.0. The van der Waals surface area contributed by atoms with Crippen molar-refractivity contribution >= 4 is 11.9 Å². The third-order valence-corrected chi connectivity index (χ3v) is 4.70.